The quantitative estimate of drug-likeness (QED) is 0.867. The van der Waals surface area contributed by atoms with Crippen molar-refractivity contribution in [3.8, 4) is 0 Å². The summed E-state index contributed by atoms with van der Waals surface area (Å²) in [6.45, 7) is 4.87. The van der Waals surface area contributed by atoms with E-state index in [4.69, 9.17) is 0 Å². The van der Waals surface area contributed by atoms with Crippen molar-refractivity contribution in [3.05, 3.63) is 47.8 Å². The van der Waals surface area contributed by atoms with E-state index in [2.05, 4.69) is 15.4 Å². The lowest BCUT2D eigenvalue weighted by atomic mass is 9.95. The van der Waals surface area contributed by atoms with E-state index in [1.165, 1.54) is 23.4 Å². The Labute approximate surface area is 157 Å². The van der Waals surface area contributed by atoms with Crippen molar-refractivity contribution >= 4 is 11.8 Å². The van der Waals surface area contributed by atoms with Crippen LogP contribution in [-0.2, 0) is 16.1 Å². The highest BCUT2D eigenvalue weighted by Gasteiger charge is 2.30. The summed E-state index contributed by atoms with van der Waals surface area (Å²) < 4.78 is 15.1. The SMILES string of the molecule is Cc1ccc(CNC(=O)C2CCN(C(=O)[C@@H](C)n3cncn3)CC2)cc1F. The highest BCUT2D eigenvalue weighted by atomic mass is 19.1. The molecule has 1 aliphatic rings. The van der Waals surface area contributed by atoms with Crippen LogP contribution in [0.2, 0.25) is 0 Å². The number of hydrogen-bond acceptors (Lipinski definition) is 4. The lowest BCUT2D eigenvalue weighted by molar-refractivity contribution is -0.138. The molecule has 7 nitrogen and oxygen atoms in total. The molecule has 1 saturated heterocycles. The molecule has 1 aromatic carbocycles. The highest BCUT2D eigenvalue weighted by molar-refractivity contribution is 5.81. The van der Waals surface area contributed by atoms with Gasteiger partial charge in [0.15, 0.2) is 0 Å². The molecule has 1 N–H and O–H groups in total. The first-order valence-corrected chi connectivity index (χ1v) is 9.11. The summed E-state index contributed by atoms with van der Waals surface area (Å²) in [5.41, 5.74) is 1.32. The summed E-state index contributed by atoms with van der Waals surface area (Å²) in [6, 6.07) is 4.56. The molecule has 0 bridgehead atoms. The Kier molecular flexibility index (Phi) is 5.83. The number of carbonyl (C=O) groups is 2. The molecular weight excluding hydrogens is 349 g/mol. The number of aromatic nitrogens is 3. The molecule has 27 heavy (non-hydrogen) atoms. The third-order valence-corrected chi connectivity index (χ3v) is 5.07. The molecule has 2 aromatic rings. The van der Waals surface area contributed by atoms with Gasteiger partial charge in [-0.2, -0.15) is 5.10 Å². The molecule has 2 amide bonds. The van der Waals surface area contributed by atoms with Crippen molar-refractivity contribution in [2.24, 2.45) is 5.92 Å². The van der Waals surface area contributed by atoms with E-state index in [1.54, 1.807) is 24.8 Å². The molecule has 0 aliphatic carbocycles. The molecule has 0 saturated carbocycles. The van der Waals surface area contributed by atoms with Crippen LogP contribution in [0.4, 0.5) is 4.39 Å². The number of rotatable bonds is 5. The fourth-order valence-electron chi connectivity index (χ4n) is 3.24. The molecule has 0 radical (unpaired) electrons. The molecule has 0 spiro atoms. The van der Waals surface area contributed by atoms with E-state index in [9.17, 15) is 14.0 Å². The summed E-state index contributed by atoms with van der Waals surface area (Å²) in [4.78, 5) is 30.6. The van der Waals surface area contributed by atoms with Crippen LogP contribution in [0, 0.1) is 18.7 Å². The van der Waals surface area contributed by atoms with E-state index in [0.717, 1.165) is 5.56 Å². The van der Waals surface area contributed by atoms with Gasteiger partial charge in [-0.15, -0.1) is 0 Å². The second kappa shape index (κ2) is 8.28. The van der Waals surface area contributed by atoms with Crippen LogP contribution >= 0.6 is 0 Å². The van der Waals surface area contributed by atoms with Gasteiger partial charge in [0.1, 0.15) is 24.5 Å². The minimum atomic E-state index is -0.408. The molecule has 1 atom stereocenters. The first-order chi connectivity index (χ1) is 13.0. The molecule has 1 aromatic heterocycles. The first-order valence-electron chi connectivity index (χ1n) is 9.11. The van der Waals surface area contributed by atoms with E-state index in [1.807, 2.05) is 6.07 Å². The van der Waals surface area contributed by atoms with Crippen molar-refractivity contribution in [2.45, 2.75) is 39.3 Å². The van der Waals surface area contributed by atoms with Gasteiger partial charge < -0.3 is 10.2 Å². The van der Waals surface area contributed by atoms with Gasteiger partial charge in [0, 0.05) is 25.6 Å². The van der Waals surface area contributed by atoms with E-state index >= 15 is 0 Å². The fraction of sp³-hybridized carbons (Fsp3) is 0.474. The number of hydrogen-bond donors (Lipinski definition) is 1. The number of piperidine rings is 1. The van der Waals surface area contributed by atoms with Crippen LogP contribution in [0.1, 0.15) is 36.9 Å². The van der Waals surface area contributed by atoms with Crippen LogP contribution in [-0.4, -0.2) is 44.6 Å². The topological polar surface area (TPSA) is 80.1 Å². The zero-order valence-corrected chi connectivity index (χ0v) is 15.6. The van der Waals surface area contributed by atoms with Gasteiger partial charge in [0.05, 0.1) is 0 Å². The number of nitrogens with one attached hydrogen (secondary N) is 1. The smallest absolute Gasteiger partial charge is 0.247 e. The fourth-order valence-corrected chi connectivity index (χ4v) is 3.24. The van der Waals surface area contributed by atoms with Gasteiger partial charge in [-0.25, -0.2) is 14.1 Å². The summed E-state index contributed by atoms with van der Waals surface area (Å²) in [6.07, 6.45) is 4.16. The summed E-state index contributed by atoms with van der Waals surface area (Å²) in [5.74, 6) is -0.469. The molecule has 8 heteroatoms. The van der Waals surface area contributed by atoms with E-state index < -0.39 is 6.04 Å². The average Bonchev–Trinajstić information content (AvgIpc) is 3.22. The van der Waals surface area contributed by atoms with E-state index in [-0.39, 0.29) is 23.5 Å². The van der Waals surface area contributed by atoms with Crippen molar-refractivity contribution in [1.82, 2.24) is 25.0 Å². The van der Waals surface area contributed by atoms with Crippen LogP contribution < -0.4 is 5.32 Å². The van der Waals surface area contributed by atoms with E-state index in [0.29, 0.717) is 38.0 Å². The monoisotopic (exact) mass is 373 g/mol. The van der Waals surface area contributed by atoms with Crippen LogP contribution in [0.15, 0.2) is 30.9 Å². The maximum atomic E-state index is 13.6. The Bertz CT molecular complexity index is 800. The molecule has 2 heterocycles. The lowest BCUT2D eigenvalue weighted by Gasteiger charge is -2.33. The Morgan fingerprint density at radius 3 is 2.70 bits per heavy atom. The Balaban J connectivity index is 1.47. The van der Waals surface area contributed by atoms with Gasteiger partial charge in [-0.3, -0.25) is 9.59 Å². The lowest BCUT2D eigenvalue weighted by Crippen LogP contribution is -2.45. The maximum Gasteiger partial charge on any atom is 0.247 e. The first kappa shape index (κ1) is 19.0. The number of amides is 2. The Hall–Kier alpha value is -2.77. The number of halogens is 1. The Morgan fingerprint density at radius 2 is 2.07 bits per heavy atom. The molecule has 1 aliphatic heterocycles. The van der Waals surface area contributed by atoms with Gasteiger partial charge >= 0.3 is 0 Å². The van der Waals surface area contributed by atoms with Crippen LogP contribution in [0.25, 0.3) is 0 Å². The number of benzene rings is 1. The summed E-state index contributed by atoms with van der Waals surface area (Å²) in [5, 5.41) is 6.88. The zero-order valence-electron chi connectivity index (χ0n) is 15.6. The van der Waals surface area contributed by atoms with Gasteiger partial charge in [-0.1, -0.05) is 12.1 Å². The summed E-state index contributed by atoms with van der Waals surface area (Å²) >= 11 is 0. The predicted molar refractivity (Wildman–Crippen MR) is 97.0 cm³/mol. The summed E-state index contributed by atoms with van der Waals surface area (Å²) in [7, 11) is 0. The third kappa shape index (κ3) is 4.50. The minimum Gasteiger partial charge on any atom is -0.352 e. The molecule has 3 rings (SSSR count). The van der Waals surface area contributed by atoms with Gasteiger partial charge in [0.25, 0.3) is 0 Å². The van der Waals surface area contributed by atoms with Gasteiger partial charge in [-0.05, 0) is 43.9 Å². The largest absolute Gasteiger partial charge is 0.352 e. The Morgan fingerprint density at radius 1 is 1.33 bits per heavy atom. The predicted octanol–water partition coefficient (Wildman–Crippen LogP) is 1.84. The number of aryl methyl sites for hydroxylation is 1. The van der Waals surface area contributed by atoms with Crippen LogP contribution in [0.5, 0.6) is 0 Å². The molecule has 144 valence electrons. The number of nitrogens with zero attached hydrogens (tertiary/aromatic N) is 4. The minimum absolute atomic E-state index is 0.0190. The zero-order chi connectivity index (χ0) is 19.4. The molecule has 0 unspecified atom stereocenters. The highest BCUT2D eigenvalue weighted by Crippen LogP contribution is 2.20. The standard InChI is InChI=1S/C19H24FN5O2/c1-13-3-4-15(9-17(13)20)10-22-18(26)16-5-7-24(8-6-16)19(27)14(2)25-12-21-11-23-25/h3-4,9,11-12,14,16H,5-8,10H2,1-2H3,(H,22,26)/t14-/m1/s1. The average molecular weight is 373 g/mol. The second-order valence-corrected chi connectivity index (χ2v) is 6.95. The normalized spacial score (nSPS) is 16.2. The maximum absolute atomic E-state index is 13.6. The van der Waals surface area contributed by atoms with Crippen molar-refractivity contribution in [1.29, 1.82) is 0 Å². The van der Waals surface area contributed by atoms with Crippen molar-refractivity contribution < 1.29 is 14.0 Å². The van der Waals surface area contributed by atoms with Crippen molar-refractivity contribution in [3.63, 3.8) is 0 Å². The molecular formula is C19H24FN5O2. The third-order valence-electron chi connectivity index (χ3n) is 5.07. The van der Waals surface area contributed by atoms with Gasteiger partial charge in [0.2, 0.25) is 11.8 Å². The molecule has 1 fully saturated rings. The second-order valence-electron chi connectivity index (χ2n) is 6.95. The number of carbonyl (C=O) groups excluding carboxylic acids is 2. The number of likely N-dealkylation sites (tertiary alicyclic amines) is 1. The van der Waals surface area contributed by atoms with Crippen molar-refractivity contribution in [2.75, 3.05) is 13.1 Å². The van der Waals surface area contributed by atoms with Crippen LogP contribution in [0.3, 0.4) is 0 Å².